The number of β-amino-alcohol motifs (C(OH)–C–C–N with tert-alkyl or cyclic N) is 1. The smallest absolute Gasteiger partial charge is 0.328 e. The Bertz CT molecular complexity index is 425. The Labute approximate surface area is 117 Å². The van der Waals surface area contributed by atoms with Crippen molar-refractivity contribution in [2.45, 2.75) is 31.9 Å². The van der Waals surface area contributed by atoms with E-state index in [1.54, 1.807) is 4.90 Å². The van der Waals surface area contributed by atoms with E-state index in [9.17, 15) is 19.5 Å². The molecule has 7 nitrogen and oxygen atoms in total. The third-order valence-electron chi connectivity index (χ3n) is 3.98. The first-order valence-electron chi connectivity index (χ1n) is 6.82. The van der Waals surface area contributed by atoms with Crippen molar-refractivity contribution >= 4 is 17.8 Å². The Morgan fingerprint density at radius 3 is 2.65 bits per heavy atom. The molecule has 0 aromatic carbocycles. The van der Waals surface area contributed by atoms with Gasteiger partial charge in [-0.1, -0.05) is 0 Å². The molecule has 3 atom stereocenters. The zero-order valence-corrected chi connectivity index (χ0v) is 11.7. The maximum absolute atomic E-state index is 12.5. The van der Waals surface area contributed by atoms with Crippen LogP contribution in [0, 0.1) is 5.92 Å². The fraction of sp³-hybridized carbons (Fsp3) is 0.769. The van der Waals surface area contributed by atoms with Crippen molar-refractivity contribution in [2.75, 3.05) is 26.7 Å². The van der Waals surface area contributed by atoms with Crippen molar-refractivity contribution in [3.05, 3.63) is 0 Å². The fourth-order valence-corrected chi connectivity index (χ4v) is 2.89. The number of rotatable bonds is 3. The van der Waals surface area contributed by atoms with E-state index in [1.165, 1.54) is 12.0 Å². The van der Waals surface area contributed by atoms with Crippen LogP contribution < -0.4 is 0 Å². The maximum atomic E-state index is 12.5. The SMILES string of the molecule is CCN1CC(C(=O)N2CC(O)CC2C(=O)OC)CC1=O. The summed E-state index contributed by atoms with van der Waals surface area (Å²) < 4.78 is 4.67. The minimum Gasteiger partial charge on any atom is -0.467 e. The molecule has 2 aliphatic rings. The number of carbonyl (C=O) groups is 3. The summed E-state index contributed by atoms with van der Waals surface area (Å²) in [6.45, 7) is 2.94. The van der Waals surface area contributed by atoms with Crippen molar-refractivity contribution in [1.29, 1.82) is 0 Å². The van der Waals surface area contributed by atoms with Gasteiger partial charge in [0.1, 0.15) is 6.04 Å². The first-order valence-corrected chi connectivity index (χ1v) is 6.82. The number of hydrogen-bond donors (Lipinski definition) is 1. The zero-order chi connectivity index (χ0) is 14.9. The Hall–Kier alpha value is -1.63. The normalized spacial score (nSPS) is 29.9. The standard InChI is InChI=1S/C13H20N2O5/c1-3-14-6-8(4-11(14)17)12(18)15-7-9(16)5-10(15)13(19)20-2/h8-10,16H,3-7H2,1-2H3. The highest BCUT2D eigenvalue weighted by Crippen LogP contribution is 2.26. The van der Waals surface area contributed by atoms with Gasteiger partial charge < -0.3 is 19.6 Å². The average Bonchev–Trinajstić information content (AvgIpc) is 3.00. The first kappa shape index (κ1) is 14.8. The lowest BCUT2D eigenvalue weighted by atomic mass is 10.1. The van der Waals surface area contributed by atoms with E-state index in [0.717, 1.165) is 0 Å². The molecule has 0 bridgehead atoms. The van der Waals surface area contributed by atoms with E-state index in [0.29, 0.717) is 13.1 Å². The van der Waals surface area contributed by atoms with Gasteiger partial charge in [-0.05, 0) is 6.92 Å². The number of methoxy groups -OCH3 is 1. The number of likely N-dealkylation sites (tertiary alicyclic amines) is 2. The predicted molar refractivity (Wildman–Crippen MR) is 68.5 cm³/mol. The third kappa shape index (κ3) is 2.63. The second-order valence-corrected chi connectivity index (χ2v) is 5.25. The monoisotopic (exact) mass is 284 g/mol. The van der Waals surface area contributed by atoms with Crippen molar-refractivity contribution in [3.63, 3.8) is 0 Å². The van der Waals surface area contributed by atoms with Gasteiger partial charge in [0, 0.05) is 32.5 Å². The van der Waals surface area contributed by atoms with Gasteiger partial charge in [0.05, 0.1) is 19.1 Å². The van der Waals surface area contributed by atoms with Gasteiger partial charge in [-0.3, -0.25) is 9.59 Å². The molecule has 20 heavy (non-hydrogen) atoms. The fourth-order valence-electron chi connectivity index (χ4n) is 2.89. The molecule has 2 aliphatic heterocycles. The highest BCUT2D eigenvalue weighted by molar-refractivity contribution is 5.92. The van der Waals surface area contributed by atoms with Crippen LogP contribution in [0.4, 0.5) is 0 Å². The molecule has 2 amide bonds. The topological polar surface area (TPSA) is 87.2 Å². The van der Waals surface area contributed by atoms with Crippen LogP contribution in [-0.4, -0.2) is 71.6 Å². The van der Waals surface area contributed by atoms with Gasteiger partial charge in [-0.2, -0.15) is 0 Å². The average molecular weight is 284 g/mol. The van der Waals surface area contributed by atoms with Crippen LogP contribution in [0.2, 0.25) is 0 Å². The molecule has 0 aliphatic carbocycles. The van der Waals surface area contributed by atoms with Gasteiger partial charge >= 0.3 is 5.97 Å². The van der Waals surface area contributed by atoms with E-state index in [2.05, 4.69) is 4.74 Å². The lowest BCUT2D eigenvalue weighted by Gasteiger charge is -2.25. The molecule has 0 saturated carbocycles. The van der Waals surface area contributed by atoms with Gasteiger partial charge in [-0.15, -0.1) is 0 Å². The molecule has 0 radical (unpaired) electrons. The number of carbonyl (C=O) groups excluding carboxylic acids is 3. The molecular weight excluding hydrogens is 264 g/mol. The molecule has 7 heteroatoms. The Kier molecular flexibility index (Phi) is 4.27. The number of ether oxygens (including phenoxy) is 1. The minimum absolute atomic E-state index is 0.0415. The summed E-state index contributed by atoms with van der Waals surface area (Å²) in [5, 5.41) is 9.68. The molecule has 0 aromatic rings. The summed E-state index contributed by atoms with van der Waals surface area (Å²) in [6.07, 6.45) is -0.355. The van der Waals surface area contributed by atoms with Crippen LogP contribution in [0.15, 0.2) is 0 Å². The number of esters is 1. The van der Waals surface area contributed by atoms with Crippen LogP contribution in [-0.2, 0) is 19.1 Å². The summed E-state index contributed by atoms with van der Waals surface area (Å²) in [6, 6.07) is -0.742. The number of hydrogen-bond acceptors (Lipinski definition) is 5. The van der Waals surface area contributed by atoms with Crippen LogP contribution in [0.1, 0.15) is 19.8 Å². The largest absolute Gasteiger partial charge is 0.467 e. The first-order chi connectivity index (χ1) is 9.47. The third-order valence-corrected chi connectivity index (χ3v) is 3.98. The molecule has 112 valence electrons. The number of aliphatic hydroxyl groups is 1. The summed E-state index contributed by atoms with van der Waals surface area (Å²) in [4.78, 5) is 38.8. The zero-order valence-electron chi connectivity index (χ0n) is 11.7. The van der Waals surface area contributed by atoms with E-state index in [-0.39, 0.29) is 31.2 Å². The predicted octanol–water partition coefficient (Wildman–Crippen LogP) is -1.01. The Morgan fingerprint density at radius 1 is 1.40 bits per heavy atom. The minimum atomic E-state index is -0.742. The highest BCUT2D eigenvalue weighted by atomic mass is 16.5. The summed E-state index contributed by atoms with van der Waals surface area (Å²) in [7, 11) is 1.26. The molecule has 2 fully saturated rings. The van der Waals surface area contributed by atoms with E-state index in [4.69, 9.17) is 0 Å². The molecule has 2 rings (SSSR count). The van der Waals surface area contributed by atoms with Gasteiger partial charge in [0.25, 0.3) is 0 Å². The number of aliphatic hydroxyl groups excluding tert-OH is 1. The van der Waals surface area contributed by atoms with Crippen molar-refractivity contribution in [3.8, 4) is 0 Å². The second kappa shape index (κ2) is 5.78. The molecule has 2 saturated heterocycles. The number of nitrogens with zero attached hydrogens (tertiary/aromatic N) is 2. The quantitative estimate of drug-likeness (QED) is 0.671. The molecule has 3 unspecified atom stereocenters. The lowest BCUT2D eigenvalue weighted by molar-refractivity contribution is -0.152. The van der Waals surface area contributed by atoms with Crippen LogP contribution >= 0.6 is 0 Å². The molecule has 0 spiro atoms. The molecule has 2 heterocycles. The van der Waals surface area contributed by atoms with Crippen LogP contribution in [0.3, 0.4) is 0 Å². The molecular formula is C13H20N2O5. The molecule has 1 N–H and O–H groups in total. The van der Waals surface area contributed by atoms with Crippen LogP contribution in [0.25, 0.3) is 0 Å². The van der Waals surface area contributed by atoms with Gasteiger partial charge in [0.2, 0.25) is 11.8 Å². The number of amides is 2. The molecule has 0 aromatic heterocycles. The maximum Gasteiger partial charge on any atom is 0.328 e. The van der Waals surface area contributed by atoms with E-state index in [1.807, 2.05) is 6.92 Å². The van der Waals surface area contributed by atoms with E-state index < -0.39 is 24.0 Å². The summed E-state index contributed by atoms with van der Waals surface area (Å²) in [5.74, 6) is -1.24. The Morgan fingerprint density at radius 2 is 2.10 bits per heavy atom. The lowest BCUT2D eigenvalue weighted by Crippen LogP contribution is -2.44. The summed E-state index contributed by atoms with van der Waals surface area (Å²) >= 11 is 0. The van der Waals surface area contributed by atoms with Gasteiger partial charge in [-0.25, -0.2) is 4.79 Å². The van der Waals surface area contributed by atoms with E-state index >= 15 is 0 Å². The van der Waals surface area contributed by atoms with Gasteiger partial charge in [0.15, 0.2) is 0 Å². The summed E-state index contributed by atoms with van der Waals surface area (Å²) in [5.41, 5.74) is 0. The van der Waals surface area contributed by atoms with Crippen molar-refractivity contribution < 1.29 is 24.2 Å². The Balaban J connectivity index is 2.08. The van der Waals surface area contributed by atoms with Crippen LogP contribution in [0.5, 0.6) is 0 Å². The highest BCUT2D eigenvalue weighted by Gasteiger charge is 2.44. The van der Waals surface area contributed by atoms with Crippen molar-refractivity contribution in [2.24, 2.45) is 5.92 Å². The second-order valence-electron chi connectivity index (χ2n) is 5.25. The van der Waals surface area contributed by atoms with Crippen molar-refractivity contribution in [1.82, 2.24) is 9.80 Å².